The molecule has 0 spiro atoms. The van der Waals surface area contributed by atoms with Crippen molar-refractivity contribution in [3.8, 4) is 0 Å². The molecule has 0 rings (SSSR count). The molecule has 0 aromatic carbocycles. The Kier molecular flexibility index (Phi) is 18.9. The van der Waals surface area contributed by atoms with E-state index in [1.807, 2.05) is 0 Å². The van der Waals surface area contributed by atoms with Crippen LogP contribution in [0.15, 0.2) is 0 Å². The molecule has 0 saturated heterocycles. The maximum atomic E-state index is 9.10. The molecule has 10 heteroatoms. The van der Waals surface area contributed by atoms with E-state index in [0.717, 1.165) is 0 Å². The molecule has 0 bridgehead atoms. The second-order valence-corrected chi connectivity index (χ2v) is 1.22. The van der Waals surface area contributed by atoms with E-state index in [0.29, 0.717) is 0 Å². The summed E-state index contributed by atoms with van der Waals surface area (Å²) in [5.41, 5.74) is 0. The van der Waals surface area contributed by atoms with E-state index in [9.17, 15) is 0 Å². The molecule has 7 N–H and O–H groups in total. The number of carboxylic acid groups (broad SMARTS) is 4. The fourth-order valence-corrected chi connectivity index (χ4v) is 0. The number of hydrogen-bond donors (Lipinski definition) is 5. The Bertz CT molecular complexity index is 177. The van der Waals surface area contributed by atoms with Crippen molar-refractivity contribution in [1.29, 1.82) is 0 Å². The Morgan fingerprint density at radius 2 is 0.643 bits per heavy atom. The SMILES string of the molecule is N.O=C(O)C(=O)O.O=C(O)C(=O)O.[Ti]. The van der Waals surface area contributed by atoms with Crippen LogP contribution in [0.4, 0.5) is 0 Å². The molecule has 0 unspecified atom stereocenters. The third-order valence-corrected chi connectivity index (χ3v) is 0.366. The van der Waals surface area contributed by atoms with Crippen molar-refractivity contribution in [2.75, 3.05) is 0 Å². The molecule has 0 heterocycles. The minimum atomic E-state index is -1.82. The molecule has 0 aliphatic heterocycles. The zero-order valence-electron chi connectivity index (χ0n) is 6.63. The van der Waals surface area contributed by atoms with Gasteiger partial charge in [-0.1, -0.05) is 0 Å². The van der Waals surface area contributed by atoms with Gasteiger partial charge in [0.1, 0.15) is 0 Å². The minimum absolute atomic E-state index is 0. The van der Waals surface area contributed by atoms with E-state index in [1.54, 1.807) is 0 Å². The average molecular weight is 245 g/mol. The van der Waals surface area contributed by atoms with E-state index in [1.165, 1.54) is 0 Å². The summed E-state index contributed by atoms with van der Waals surface area (Å²) >= 11 is 0. The third-order valence-electron chi connectivity index (χ3n) is 0.366. The van der Waals surface area contributed by atoms with E-state index < -0.39 is 23.9 Å². The van der Waals surface area contributed by atoms with Gasteiger partial charge < -0.3 is 26.6 Å². The van der Waals surface area contributed by atoms with E-state index >= 15 is 0 Å². The molecule has 0 saturated carbocycles. The first kappa shape index (κ1) is 22.9. The van der Waals surface area contributed by atoms with Gasteiger partial charge >= 0.3 is 23.9 Å². The Morgan fingerprint density at radius 1 is 0.571 bits per heavy atom. The quantitative estimate of drug-likeness (QED) is 0.249. The molecule has 80 valence electrons. The minimum Gasteiger partial charge on any atom is -0.473 e. The van der Waals surface area contributed by atoms with Gasteiger partial charge in [-0.3, -0.25) is 0 Å². The van der Waals surface area contributed by atoms with Gasteiger partial charge in [-0.2, -0.15) is 0 Å². The number of carboxylic acids is 4. The maximum absolute atomic E-state index is 9.10. The standard InChI is InChI=1S/2C2H2O4.H3N.Ti/c2*3-1(4)2(5)6;;/h2*(H,3,4)(H,5,6);1H3;. The van der Waals surface area contributed by atoms with Crippen molar-refractivity contribution in [3.05, 3.63) is 0 Å². The summed E-state index contributed by atoms with van der Waals surface area (Å²) in [6.07, 6.45) is 0. The smallest absolute Gasteiger partial charge is 0.414 e. The molecule has 0 atom stereocenters. The summed E-state index contributed by atoms with van der Waals surface area (Å²) in [7, 11) is 0. The zero-order chi connectivity index (χ0) is 10.3. The van der Waals surface area contributed by atoms with Crippen molar-refractivity contribution in [2.45, 2.75) is 0 Å². The van der Waals surface area contributed by atoms with Gasteiger partial charge in [-0.05, 0) is 0 Å². The van der Waals surface area contributed by atoms with Crippen LogP contribution in [0.1, 0.15) is 0 Å². The van der Waals surface area contributed by atoms with Crippen molar-refractivity contribution in [3.63, 3.8) is 0 Å². The predicted octanol–water partition coefficient (Wildman–Crippen LogP) is -1.53. The molecule has 0 aromatic heterocycles. The number of carbonyl (C=O) groups is 4. The monoisotopic (exact) mass is 245 g/mol. The van der Waals surface area contributed by atoms with Crippen LogP contribution >= 0.6 is 0 Å². The van der Waals surface area contributed by atoms with Gasteiger partial charge in [-0.25, -0.2) is 19.2 Å². The molecule has 0 amide bonds. The summed E-state index contributed by atoms with van der Waals surface area (Å²) in [5, 5.41) is 29.6. The van der Waals surface area contributed by atoms with Gasteiger partial charge in [0.05, 0.1) is 0 Å². The fraction of sp³-hybridized carbons (Fsp3) is 0. The van der Waals surface area contributed by atoms with Crippen LogP contribution < -0.4 is 6.15 Å². The molecular weight excluding hydrogens is 238 g/mol. The van der Waals surface area contributed by atoms with E-state index in [-0.39, 0.29) is 27.9 Å². The molecule has 0 aliphatic rings. The topological polar surface area (TPSA) is 184 Å². The summed E-state index contributed by atoms with van der Waals surface area (Å²) in [5.74, 6) is -7.30. The Labute approximate surface area is 91.8 Å². The van der Waals surface area contributed by atoms with E-state index in [4.69, 9.17) is 39.6 Å². The number of hydrogen-bond acceptors (Lipinski definition) is 5. The van der Waals surface area contributed by atoms with Crippen molar-refractivity contribution in [1.82, 2.24) is 6.15 Å². The molecule has 9 nitrogen and oxygen atoms in total. The van der Waals surface area contributed by atoms with Crippen LogP contribution in [0.25, 0.3) is 0 Å². The van der Waals surface area contributed by atoms with Crippen LogP contribution in [-0.4, -0.2) is 44.3 Å². The summed E-state index contributed by atoms with van der Waals surface area (Å²) in [6, 6.07) is 0. The molecule has 0 fully saturated rings. The molecule has 14 heavy (non-hydrogen) atoms. The largest absolute Gasteiger partial charge is 0.473 e. The van der Waals surface area contributed by atoms with Crippen LogP contribution in [0, 0.1) is 0 Å². The van der Waals surface area contributed by atoms with Crippen molar-refractivity contribution in [2.24, 2.45) is 0 Å². The molecule has 0 aromatic rings. The predicted molar refractivity (Wildman–Crippen MR) is 35.6 cm³/mol. The molecule has 0 aliphatic carbocycles. The summed E-state index contributed by atoms with van der Waals surface area (Å²) in [4.78, 5) is 36.4. The summed E-state index contributed by atoms with van der Waals surface area (Å²) < 4.78 is 0. The number of aliphatic carboxylic acids is 4. The second kappa shape index (κ2) is 11.6. The zero-order valence-corrected chi connectivity index (χ0v) is 8.19. The van der Waals surface area contributed by atoms with Gasteiger partial charge in [0.15, 0.2) is 0 Å². The Balaban J connectivity index is -0.0000000625. The van der Waals surface area contributed by atoms with Gasteiger partial charge in [0.2, 0.25) is 0 Å². The van der Waals surface area contributed by atoms with Gasteiger partial charge in [0.25, 0.3) is 0 Å². The first-order chi connectivity index (χ1) is 5.29. The Morgan fingerprint density at radius 3 is 0.643 bits per heavy atom. The molecular formula is C4H7NO8Ti. The first-order valence-electron chi connectivity index (χ1n) is 2.21. The average Bonchev–Trinajstić information content (AvgIpc) is 1.88. The first-order valence-corrected chi connectivity index (χ1v) is 2.21. The van der Waals surface area contributed by atoms with Gasteiger partial charge in [0, 0.05) is 21.7 Å². The van der Waals surface area contributed by atoms with Crippen LogP contribution in [0.2, 0.25) is 0 Å². The van der Waals surface area contributed by atoms with Gasteiger partial charge in [-0.15, -0.1) is 0 Å². The van der Waals surface area contributed by atoms with Crippen LogP contribution in [0.5, 0.6) is 0 Å². The second-order valence-electron chi connectivity index (χ2n) is 1.22. The van der Waals surface area contributed by atoms with Crippen molar-refractivity contribution < 1.29 is 61.3 Å². The third kappa shape index (κ3) is 22.4. The van der Waals surface area contributed by atoms with Crippen molar-refractivity contribution >= 4 is 23.9 Å². The maximum Gasteiger partial charge on any atom is 0.414 e. The fourth-order valence-electron chi connectivity index (χ4n) is 0. The Hall–Kier alpha value is -1.45. The summed E-state index contributed by atoms with van der Waals surface area (Å²) in [6.45, 7) is 0. The van der Waals surface area contributed by atoms with Crippen LogP contribution in [0.3, 0.4) is 0 Å². The molecule has 0 radical (unpaired) electrons. The van der Waals surface area contributed by atoms with E-state index in [2.05, 4.69) is 0 Å². The van der Waals surface area contributed by atoms with Crippen LogP contribution in [-0.2, 0) is 40.9 Å². The normalized spacial score (nSPS) is 6.29. The number of rotatable bonds is 0.